The molecule has 3 atom stereocenters. The number of carbonyl (C=O) groups excluding carboxylic acids is 4. The highest BCUT2D eigenvalue weighted by Gasteiger charge is 2.49. The Morgan fingerprint density at radius 1 is 1.20 bits per heavy atom. The molecular formula is C27H43N7O6. The van der Waals surface area contributed by atoms with Gasteiger partial charge >= 0.3 is 0 Å². The van der Waals surface area contributed by atoms with E-state index >= 15 is 0 Å². The molecule has 1 saturated carbocycles. The average molecular weight is 562 g/mol. The summed E-state index contributed by atoms with van der Waals surface area (Å²) in [6.07, 6.45) is 8.22. The van der Waals surface area contributed by atoms with Crippen molar-refractivity contribution < 1.29 is 29.0 Å². The summed E-state index contributed by atoms with van der Waals surface area (Å²) in [6, 6.07) is -1.85. The molecule has 3 heterocycles. The molecule has 1 aromatic rings. The number of hydrogen-bond acceptors (Lipinski definition) is 9. The number of rotatable bonds is 10. The van der Waals surface area contributed by atoms with E-state index in [0.29, 0.717) is 18.0 Å². The molecule has 3 amide bonds. The van der Waals surface area contributed by atoms with Crippen LogP contribution in [0.25, 0.3) is 0 Å². The van der Waals surface area contributed by atoms with E-state index in [1.807, 2.05) is 0 Å². The molecule has 0 bridgehead atoms. The Kier molecular flexibility index (Phi) is 9.26. The fourth-order valence-electron chi connectivity index (χ4n) is 6.42. The van der Waals surface area contributed by atoms with Crippen LogP contribution < -0.4 is 16.4 Å². The normalized spacial score (nSPS) is 24.4. The number of nitrogens with one attached hydrogen (secondary N) is 2. The molecule has 222 valence electrons. The minimum absolute atomic E-state index is 0.108. The maximum absolute atomic E-state index is 14.0. The highest BCUT2D eigenvalue weighted by molar-refractivity contribution is 6.39. The van der Waals surface area contributed by atoms with Gasteiger partial charge in [-0.25, -0.2) is 4.68 Å². The number of nitrogens with two attached hydrogens (primary N) is 1. The number of amides is 3. The van der Waals surface area contributed by atoms with E-state index in [1.165, 1.54) is 12.6 Å². The number of nitrogens with zero attached hydrogens (tertiary/aromatic N) is 4. The fourth-order valence-corrected chi connectivity index (χ4v) is 6.42. The molecular weight excluding hydrogens is 518 g/mol. The van der Waals surface area contributed by atoms with E-state index in [0.717, 1.165) is 25.7 Å². The minimum Gasteiger partial charge on any atom is -0.384 e. The van der Waals surface area contributed by atoms with Crippen LogP contribution in [0.5, 0.6) is 0 Å². The molecule has 4 rings (SSSR count). The molecule has 0 unspecified atom stereocenters. The van der Waals surface area contributed by atoms with Crippen LogP contribution in [0.2, 0.25) is 0 Å². The third-order valence-corrected chi connectivity index (χ3v) is 8.72. The number of likely N-dealkylation sites (tertiary alicyclic amines) is 1. The van der Waals surface area contributed by atoms with Gasteiger partial charge in [-0.05, 0) is 33.2 Å². The third-order valence-electron chi connectivity index (χ3n) is 8.72. The lowest BCUT2D eigenvalue weighted by Crippen LogP contribution is -2.63. The summed E-state index contributed by atoms with van der Waals surface area (Å²) in [7, 11) is 1.75. The molecule has 13 heteroatoms. The predicted molar refractivity (Wildman–Crippen MR) is 144 cm³/mol. The van der Waals surface area contributed by atoms with Crippen LogP contribution in [0.3, 0.4) is 0 Å². The second-order valence-corrected chi connectivity index (χ2v) is 12.0. The third kappa shape index (κ3) is 6.36. The zero-order valence-electron chi connectivity index (χ0n) is 23.7. The zero-order valence-corrected chi connectivity index (χ0v) is 23.7. The zero-order chi connectivity index (χ0) is 29.1. The molecule has 1 aliphatic carbocycles. The highest BCUT2D eigenvalue weighted by Crippen LogP contribution is 2.34. The molecule has 3 aliphatic rings. The van der Waals surface area contributed by atoms with Crippen LogP contribution >= 0.6 is 0 Å². The number of hydrogen-bond donors (Lipinski definition) is 4. The minimum atomic E-state index is -1.48. The van der Waals surface area contributed by atoms with Crippen LogP contribution in [0.4, 0.5) is 0 Å². The predicted octanol–water partition coefficient (Wildman–Crippen LogP) is -0.0743. The molecule has 2 aliphatic heterocycles. The van der Waals surface area contributed by atoms with Crippen molar-refractivity contribution in [2.75, 3.05) is 26.8 Å². The van der Waals surface area contributed by atoms with Crippen molar-refractivity contribution in [2.24, 2.45) is 11.7 Å². The van der Waals surface area contributed by atoms with Gasteiger partial charge in [-0.15, -0.1) is 5.10 Å². The highest BCUT2D eigenvalue weighted by atomic mass is 16.5. The number of aromatic nitrogens is 3. The summed E-state index contributed by atoms with van der Waals surface area (Å²) in [5.74, 6) is -2.31. The molecule has 13 nitrogen and oxygen atoms in total. The quantitative estimate of drug-likeness (QED) is 0.284. The van der Waals surface area contributed by atoms with Gasteiger partial charge in [0.05, 0.1) is 24.0 Å². The average Bonchev–Trinajstić information content (AvgIpc) is 3.60. The van der Waals surface area contributed by atoms with Gasteiger partial charge in [0.15, 0.2) is 0 Å². The molecule has 5 N–H and O–H groups in total. The van der Waals surface area contributed by atoms with E-state index in [4.69, 9.17) is 10.5 Å². The molecule has 40 heavy (non-hydrogen) atoms. The van der Waals surface area contributed by atoms with E-state index < -0.39 is 46.9 Å². The van der Waals surface area contributed by atoms with Gasteiger partial charge in [-0.1, -0.05) is 37.3 Å². The molecule has 2 saturated heterocycles. The number of likely N-dealkylation sites (N-methyl/N-ethyl adjacent to an activating group) is 1. The maximum Gasteiger partial charge on any atom is 0.287 e. The Balaban J connectivity index is 1.62. The van der Waals surface area contributed by atoms with Gasteiger partial charge in [0.1, 0.15) is 17.2 Å². The van der Waals surface area contributed by atoms with Crippen molar-refractivity contribution in [1.82, 2.24) is 30.5 Å². The SMILES string of the molecule is CN[C@H](CC1CCCCC1)C(=O)N1C[C@@H](n2nncc2C(C)(C)O)C[C@H]1C(=O)NC1(C(=O)C(N)=O)CCOCC1. The van der Waals surface area contributed by atoms with E-state index in [2.05, 4.69) is 20.9 Å². The maximum atomic E-state index is 14.0. The number of primary amides is 1. The lowest BCUT2D eigenvalue weighted by molar-refractivity contribution is -0.147. The summed E-state index contributed by atoms with van der Waals surface area (Å²) >= 11 is 0. The van der Waals surface area contributed by atoms with E-state index in [9.17, 15) is 24.3 Å². The first kappa shape index (κ1) is 30.1. The van der Waals surface area contributed by atoms with Crippen molar-refractivity contribution in [3.8, 4) is 0 Å². The Morgan fingerprint density at radius 2 is 1.88 bits per heavy atom. The Morgan fingerprint density at radius 3 is 2.48 bits per heavy atom. The van der Waals surface area contributed by atoms with Crippen molar-refractivity contribution >= 4 is 23.5 Å². The van der Waals surface area contributed by atoms with Gasteiger partial charge < -0.3 is 31.1 Å². The lowest BCUT2D eigenvalue weighted by Gasteiger charge is -2.37. The number of carbonyl (C=O) groups is 4. The van der Waals surface area contributed by atoms with Gasteiger partial charge in [0.25, 0.3) is 5.91 Å². The fraction of sp³-hybridized carbons (Fsp3) is 0.778. The van der Waals surface area contributed by atoms with Crippen molar-refractivity contribution in [3.63, 3.8) is 0 Å². The van der Waals surface area contributed by atoms with Crippen LogP contribution in [-0.4, -0.2) is 92.9 Å². The van der Waals surface area contributed by atoms with Gasteiger partial charge in [0.2, 0.25) is 17.6 Å². The van der Waals surface area contributed by atoms with Crippen LogP contribution in [0, 0.1) is 5.92 Å². The van der Waals surface area contributed by atoms with Crippen LogP contribution in [-0.2, 0) is 29.5 Å². The second kappa shape index (κ2) is 12.3. The first-order valence-electron chi connectivity index (χ1n) is 14.3. The smallest absolute Gasteiger partial charge is 0.287 e. The van der Waals surface area contributed by atoms with E-state index in [1.54, 1.807) is 30.5 Å². The Hall–Kier alpha value is -2.90. The standard InChI is InChI=1S/C27H43N7O6/c1-26(2,39)21-15-30-32-34(21)18-14-20(24(37)31-27(22(35)23(28)36)9-11-40-12-10-27)33(16-18)25(38)19(29-3)13-17-7-5-4-6-8-17/h15,17-20,29,39H,4-14,16H2,1-3H3,(H2,28,36)(H,31,37)/t18-,19+,20-/m0/s1. The molecule has 0 aromatic carbocycles. The molecule has 1 aromatic heterocycles. The van der Waals surface area contributed by atoms with Crippen LogP contribution in [0.1, 0.15) is 83.4 Å². The Labute approximate surface area is 234 Å². The van der Waals surface area contributed by atoms with Crippen LogP contribution in [0.15, 0.2) is 6.20 Å². The number of Topliss-reactive ketones (excluding diaryl/α,β-unsaturated/α-hetero) is 1. The summed E-state index contributed by atoms with van der Waals surface area (Å²) in [6.45, 7) is 3.79. The number of aliphatic hydroxyl groups is 1. The first-order chi connectivity index (χ1) is 19.0. The number of ketones is 1. The van der Waals surface area contributed by atoms with Crippen molar-refractivity contribution in [1.29, 1.82) is 0 Å². The summed E-state index contributed by atoms with van der Waals surface area (Å²) < 4.78 is 6.95. The first-order valence-corrected chi connectivity index (χ1v) is 14.3. The van der Waals surface area contributed by atoms with E-state index in [-0.39, 0.29) is 44.9 Å². The van der Waals surface area contributed by atoms with Crippen molar-refractivity contribution in [3.05, 3.63) is 11.9 Å². The summed E-state index contributed by atoms with van der Waals surface area (Å²) in [5, 5.41) is 24.8. The second-order valence-electron chi connectivity index (χ2n) is 12.0. The van der Waals surface area contributed by atoms with Gasteiger partial charge in [0, 0.05) is 39.0 Å². The summed E-state index contributed by atoms with van der Waals surface area (Å²) in [5.41, 5.74) is 3.09. The Bertz CT molecular complexity index is 1090. The lowest BCUT2D eigenvalue weighted by atomic mass is 9.84. The van der Waals surface area contributed by atoms with Gasteiger partial charge in [-0.3, -0.25) is 19.2 Å². The largest absolute Gasteiger partial charge is 0.384 e. The topological polar surface area (TPSA) is 182 Å². The summed E-state index contributed by atoms with van der Waals surface area (Å²) in [4.78, 5) is 54.2. The molecule has 0 radical (unpaired) electrons. The molecule has 0 spiro atoms. The molecule has 3 fully saturated rings. The number of ether oxygens (including phenoxy) is 1. The monoisotopic (exact) mass is 561 g/mol. The van der Waals surface area contributed by atoms with Crippen molar-refractivity contribution in [2.45, 2.75) is 101 Å². The van der Waals surface area contributed by atoms with Gasteiger partial charge in [-0.2, -0.15) is 0 Å².